The number of unbranched alkanes of at least 4 members (excludes halogenated alkanes) is 1. The van der Waals surface area contributed by atoms with Gasteiger partial charge in [-0.15, -0.1) is 11.3 Å². The van der Waals surface area contributed by atoms with Gasteiger partial charge < -0.3 is 10.2 Å². The first kappa shape index (κ1) is 14.9. The number of amides is 2. The Bertz CT molecular complexity index is 501. The number of carbonyl (C=O) groups is 2. The maximum Gasteiger partial charge on any atom is 0.315 e. The molecule has 110 valence electrons. The highest BCUT2D eigenvalue weighted by molar-refractivity contribution is 7.16. The molecule has 0 spiro atoms. The van der Waals surface area contributed by atoms with Crippen molar-refractivity contribution >= 4 is 28.3 Å². The van der Waals surface area contributed by atoms with E-state index in [1.165, 1.54) is 16.2 Å². The van der Waals surface area contributed by atoms with Crippen molar-refractivity contribution in [1.82, 2.24) is 15.2 Å². The second-order valence-electron chi connectivity index (χ2n) is 4.94. The molecule has 1 aromatic heterocycles. The quantitative estimate of drug-likeness (QED) is 0.642. The summed E-state index contributed by atoms with van der Waals surface area (Å²) in [4.78, 5) is 31.0. The zero-order valence-electron chi connectivity index (χ0n) is 11.9. The molecule has 1 aromatic rings. The summed E-state index contributed by atoms with van der Waals surface area (Å²) < 4.78 is 0. The molecule has 2 heterocycles. The van der Waals surface area contributed by atoms with Crippen LogP contribution in [0.15, 0.2) is 0 Å². The van der Waals surface area contributed by atoms with Crippen LogP contribution in [0.2, 0.25) is 0 Å². The Labute approximate surface area is 122 Å². The summed E-state index contributed by atoms with van der Waals surface area (Å²) in [5.74, 6) is -1.23. The molecule has 1 aliphatic rings. The Morgan fingerprint density at radius 1 is 1.40 bits per heavy atom. The van der Waals surface area contributed by atoms with Gasteiger partial charge in [0.15, 0.2) is 5.13 Å². The van der Waals surface area contributed by atoms with Crippen LogP contribution in [0.3, 0.4) is 0 Å². The van der Waals surface area contributed by atoms with Gasteiger partial charge in [-0.1, -0.05) is 13.3 Å². The zero-order chi connectivity index (χ0) is 14.5. The van der Waals surface area contributed by atoms with Gasteiger partial charge in [-0.05, 0) is 13.5 Å². The van der Waals surface area contributed by atoms with Gasteiger partial charge in [0, 0.05) is 30.9 Å². The van der Waals surface area contributed by atoms with E-state index >= 15 is 0 Å². The smallest absolute Gasteiger partial charge is 0.315 e. The molecule has 0 saturated heterocycles. The maximum atomic E-state index is 11.7. The molecule has 0 bridgehead atoms. The first-order valence-corrected chi connectivity index (χ1v) is 7.68. The lowest BCUT2D eigenvalue weighted by atomic mass is 10.2. The molecule has 0 atom stereocenters. The van der Waals surface area contributed by atoms with Crippen LogP contribution in [0.25, 0.3) is 0 Å². The van der Waals surface area contributed by atoms with Crippen molar-refractivity contribution in [3.05, 3.63) is 10.6 Å². The number of hydrogen-bond acceptors (Lipinski definition) is 5. The van der Waals surface area contributed by atoms with Gasteiger partial charge in [-0.2, -0.15) is 0 Å². The van der Waals surface area contributed by atoms with Crippen molar-refractivity contribution in [2.75, 3.05) is 25.5 Å². The first-order valence-electron chi connectivity index (χ1n) is 6.86. The molecule has 7 heteroatoms. The highest BCUT2D eigenvalue weighted by atomic mass is 32.1. The molecule has 0 radical (unpaired) electrons. The topological polar surface area (TPSA) is 74.3 Å². The van der Waals surface area contributed by atoms with Crippen LogP contribution in [0.4, 0.5) is 5.13 Å². The molecule has 6 nitrogen and oxygen atoms in total. The van der Waals surface area contributed by atoms with E-state index in [9.17, 15) is 9.59 Å². The van der Waals surface area contributed by atoms with E-state index < -0.39 is 11.8 Å². The molecule has 2 rings (SSSR count). The van der Waals surface area contributed by atoms with Gasteiger partial charge in [-0.25, -0.2) is 4.98 Å². The average Bonchev–Trinajstić information content (AvgIpc) is 2.80. The second-order valence-corrected chi connectivity index (χ2v) is 6.02. The molecule has 0 saturated carbocycles. The number of hydrogen-bond donors (Lipinski definition) is 2. The maximum absolute atomic E-state index is 11.7. The standard InChI is InChI=1S/C13H20N4O2S/c1-3-4-6-14-11(18)12(19)16-13-15-9-5-7-17(2)8-10(9)20-13/h3-8H2,1-2H3,(H,14,18)(H,15,16,19). The lowest BCUT2D eigenvalue weighted by Crippen LogP contribution is -2.35. The fourth-order valence-corrected chi connectivity index (χ4v) is 3.07. The number of fused-ring (bicyclic) bond motifs is 1. The number of anilines is 1. The Kier molecular flexibility index (Phi) is 5.08. The molecule has 2 N–H and O–H groups in total. The minimum absolute atomic E-state index is 0.515. The number of carbonyl (C=O) groups excluding carboxylic acids is 2. The Morgan fingerprint density at radius 3 is 2.95 bits per heavy atom. The van der Waals surface area contributed by atoms with Gasteiger partial charge >= 0.3 is 11.8 Å². The molecule has 0 unspecified atom stereocenters. The predicted octanol–water partition coefficient (Wildman–Crippen LogP) is 0.986. The van der Waals surface area contributed by atoms with Gasteiger partial charge in [0.05, 0.1) is 5.69 Å². The summed E-state index contributed by atoms with van der Waals surface area (Å²) >= 11 is 1.45. The summed E-state index contributed by atoms with van der Waals surface area (Å²) in [7, 11) is 2.06. The first-order chi connectivity index (χ1) is 9.60. The van der Waals surface area contributed by atoms with Gasteiger partial charge in [-0.3, -0.25) is 14.9 Å². The predicted molar refractivity (Wildman–Crippen MR) is 78.7 cm³/mol. The van der Waals surface area contributed by atoms with Gasteiger partial charge in [0.2, 0.25) is 0 Å². The van der Waals surface area contributed by atoms with E-state index in [1.807, 2.05) is 6.92 Å². The minimum Gasteiger partial charge on any atom is -0.348 e. The third-order valence-corrected chi connectivity index (χ3v) is 4.16. The average molecular weight is 296 g/mol. The van der Waals surface area contributed by atoms with Crippen LogP contribution in [0, 0.1) is 0 Å². The van der Waals surface area contributed by atoms with E-state index in [4.69, 9.17) is 0 Å². The van der Waals surface area contributed by atoms with E-state index in [2.05, 4.69) is 27.6 Å². The fourth-order valence-electron chi connectivity index (χ4n) is 1.99. The lowest BCUT2D eigenvalue weighted by molar-refractivity contribution is -0.136. The summed E-state index contributed by atoms with van der Waals surface area (Å²) in [5.41, 5.74) is 1.04. The highest BCUT2D eigenvalue weighted by Gasteiger charge is 2.20. The SMILES string of the molecule is CCCCNC(=O)C(=O)Nc1nc2c(s1)CN(C)CC2. The monoisotopic (exact) mass is 296 g/mol. The van der Waals surface area contributed by atoms with Crippen LogP contribution >= 0.6 is 11.3 Å². The van der Waals surface area contributed by atoms with Crippen LogP contribution in [0.5, 0.6) is 0 Å². The lowest BCUT2D eigenvalue weighted by Gasteiger charge is -2.20. The second kappa shape index (κ2) is 6.81. The Balaban J connectivity index is 1.90. The fraction of sp³-hybridized carbons (Fsp3) is 0.615. The van der Waals surface area contributed by atoms with Gasteiger partial charge in [0.1, 0.15) is 0 Å². The van der Waals surface area contributed by atoms with E-state index in [1.54, 1.807) is 0 Å². The minimum atomic E-state index is -0.638. The third-order valence-electron chi connectivity index (χ3n) is 3.16. The van der Waals surface area contributed by atoms with Crippen molar-refractivity contribution in [2.24, 2.45) is 0 Å². The van der Waals surface area contributed by atoms with E-state index in [-0.39, 0.29) is 0 Å². The molecule has 2 amide bonds. The number of nitrogens with zero attached hydrogens (tertiary/aromatic N) is 2. The number of likely N-dealkylation sites (N-methyl/N-ethyl adjacent to an activating group) is 1. The molecular formula is C13H20N4O2S. The third kappa shape index (κ3) is 3.77. The van der Waals surface area contributed by atoms with Crippen molar-refractivity contribution < 1.29 is 9.59 Å². The molecule has 0 fully saturated rings. The van der Waals surface area contributed by atoms with Crippen molar-refractivity contribution in [3.63, 3.8) is 0 Å². The largest absolute Gasteiger partial charge is 0.348 e. The molecule has 1 aliphatic heterocycles. The molecule has 0 aromatic carbocycles. The van der Waals surface area contributed by atoms with Crippen molar-refractivity contribution in [2.45, 2.75) is 32.7 Å². The van der Waals surface area contributed by atoms with Crippen molar-refractivity contribution in [1.29, 1.82) is 0 Å². The van der Waals surface area contributed by atoms with E-state index in [0.29, 0.717) is 11.7 Å². The van der Waals surface area contributed by atoms with E-state index in [0.717, 1.165) is 38.0 Å². The summed E-state index contributed by atoms with van der Waals surface area (Å²) in [6.45, 7) is 4.39. The van der Waals surface area contributed by atoms with Crippen LogP contribution in [-0.4, -0.2) is 41.8 Å². The van der Waals surface area contributed by atoms with Crippen LogP contribution < -0.4 is 10.6 Å². The summed E-state index contributed by atoms with van der Waals surface area (Å²) in [5, 5.41) is 5.68. The Hall–Kier alpha value is -1.47. The molecule has 0 aliphatic carbocycles. The van der Waals surface area contributed by atoms with Crippen LogP contribution in [0.1, 0.15) is 30.3 Å². The highest BCUT2D eigenvalue weighted by Crippen LogP contribution is 2.27. The van der Waals surface area contributed by atoms with Crippen LogP contribution in [-0.2, 0) is 22.6 Å². The normalized spacial score (nSPS) is 14.7. The molecule has 20 heavy (non-hydrogen) atoms. The summed E-state index contributed by atoms with van der Waals surface area (Å²) in [6.07, 6.45) is 2.74. The number of thiazole rings is 1. The number of rotatable bonds is 4. The summed E-state index contributed by atoms with van der Waals surface area (Å²) in [6, 6.07) is 0. The molecular weight excluding hydrogens is 276 g/mol. The number of aromatic nitrogens is 1. The van der Waals surface area contributed by atoms with Crippen molar-refractivity contribution in [3.8, 4) is 0 Å². The number of nitrogens with one attached hydrogen (secondary N) is 2. The Morgan fingerprint density at radius 2 is 2.20 bits per heavy atom. The zero-order valence-corrected chi connectivity index (χ0v) is 12.7. The van der Waals surface area contributed by atoms with Gasteiger partial charge in [0.25, 0.3) is 0 Å².